The zero-order valence-corrected chi connectivity index (χ0v) is 19.0. The molecule has 2 heterocycles. The summed E-state index contributed by atoms with van der Waals surface area (Å²) < 4.78 is 1.42. The SMILES string of the molecule is CC(C)(NC(=O)O)C(=O)N1CCN(C(=O)Nc2ccn(-c3cccc(CC=O)c3)c(=O)c2)CC1. The molecule has 0 saturated carbocycles. The molecule has 34 heavy (non-hydrogen) atoms. The first-order valence-corrected chi connectivity index (χ1v) is 10.7. The highest BCUT2D eigenvalue weighted by atomic mass is 16.4. The van der Waals surface area contributed by atoms with Crippen molar-refractivity contribution in [3.05, 3.63) is 58.5 Å². The molecule has 0 aliphatic carbocycles. The topological polar surface area (TPSA) is 141 Å². The van der Waals surface area contributed by atoms with Gasteiger partial charge in [0.05, 0.1) is 0 Å². The van der Waals surface area contributed by atoms with E-state index in [0.717, 1.165) is 11.8 Å². The molecular weight excluding hydrogens is 442 g/mol. The summed E-state index contributed by atoms with van der Waals surface area (Å²) in [6.45, 7) is 4.03. The van der Waals surface area contributed by atoms with E-state index in [0.29, 0.717) is 11.4 Å². The minimum atomic E-state index is -1.29. The molecule has 11 nitrogen and oxygen atoms in total. The summed E-state index contributed by atoms with van der Waals surface area (Å²) >= 11 is 0. The fraction of sp³-hybridized carbons (Fsp3) is 0.348. The highest BCUT2D eigenvalue weighted by Crippen LogP contribution is 2.14. The van der Waals surface area contributed by atoms with E-state index in [1.807, 2.05) is 0 Å². The first kappa shape index (κ1) is 24.5. The van der Waals surface area contributed by atoms with Gasteiger partial charge in [-0.05, 0) is 37.6 Å². The second-order valence-corrected chi connectivity index (χ2v) is 8.43. The van der Waals surface area contributed by atoms with Crippen LogP contribution in [0.5, 0.6) is 0 Å². The number of aromatic nitrogens is 1. The van der Waals surface area contributed by atoms with E-state index < -0.39 is 17.7 Å². The number of amides is 4. The average Bonchev–Trinajstić information content (AvgIpc) is 2.78. The van der Waals surface area contributed by atoms with Gasteiger partial charge in [0.15, 0.2) is 0 Å². The lowest BCUT2D eigenvalue weighted by Crippen LogP contribution is -2.60. The van der Waals surface area contributed by atoms with Crippen LogP contribution < -0.4 is 16.2 Å². The molecule has 3 N–H and O–H groups in total. The van der Waals surface area contributed by atoms with E-state index >= 15 is 0 Å². The Bertz CT molecular complexity index is 1150. The predicted octanol–water partition coefficient (Wildman–Crippen LogP) is 1.30. The number of carboxylic acid groups (broad SMARTS) is 1. The number of aldehydes is 1. The van der Waals surface area contributed by atoms with Crippen LogP contribution in [0, 0.1) is 0 Å². The summed E-state index contributed by atoms with van der Waals surface area (Å²) in [5, 5.41) is 13.8. The average molecular weight is 469 g/mol. The summed E-state index contributed by atoms with van der Waals surface area (Å²) in [5.41, 5.74) is 0.123. The minimum absolute atomic E-state index is 0.253. The molecule has 1 saturated heterocycles. The quantitative estimate of drug-likeness (QED) is 0.545. The van der Waals surface area contributed by atoms with Gasteiger partial charge in [-0.2, -0.15) is 0 Å². The number of pyridine rings is 1. The Morgan fingerprint density at radius 2 is 1.74 bits per heavy atom. The van der Waals surface area contributed by atoms with Crippen molar-refractivity contribution in [2.45, 2.75) is 25.8 Å². The Morgan fingerprint density at radius 3 is 2.35 bits per heavy atom. The van der Waals surface area contributed by atoms with Crippen LogP contribution in [0.1, 0.15) is 19.4 Å². The number of rotatable bonds is 6. The van der Waals surface area contributed by atoms with Gasteiger partial charge >= 0.3 is 12.1 Å². The highest BCUT2D eigenvalue weighted by Gasteiger charge is 2.35. The van der Waals surface area contributed by atoms with Crippen molar-refractivity contribution in [1.29, 1.82) is 0 Å². The summed E-state index contributed by atoms with van der Waals surface area (Å²) in [4.78, 5) is 62.5. The molecule has 1 aliphatic rings. The van der Waals surface area contributed by atoms with Crippen LogP contribution in [0.4, 0.5) is 15.3 Å². The number of benzene rings is 1. The maximum Gasteiger partial charge on any atom is 0.405 e. The van der Waals surface area contributed by atoms with Gasteiger partial charge in [0, 0.05) is 56.2 Å². The van der Waals surface area contributed by atoms with E-state index in [2.05, 4.69) is 10.6 Å². The van der Waals surface area contributed by atoms with Crippen molar-refractivity contribution in [3.63, 3.8) is 0 Å². The smallest absolute Gasteiger partial charge is 0.405 e. The molecular formula is C23H27N5O6. The van der Waals surface area contributed by atoms with Crippen LogP contribution in [-0.2, 0) is 16.0 Å². The van der Waals surface area contributed by atoms with Crippen molar-refractivity contribution in [2.24, 2.45) is 0 Å². The van der Waals surface area contributed by atoms with E-state index in [9.17, 15) is 24.0 Å². The second-order valence-electron chi connectivity index (χ2n) is 8.43. The third-order valence-electron chi connectivity index (χ3n) is 5.49. The molecule has 0 unspecified atom stereocenters. The zero-order chi connectivity index (χ0) is 24.9. The van der Waals surface area contributed by atoms with Crippen molar-refractivity contribution in [2.75, 3.05) is 31.5 Å². The maximum absolute atomic E-state index is 12.6. The third-order valence-corrected chi connectivity index (χ3v) is 5.49. The molecule has 0 atom stereocenters. The first-order chi connectivity index (χ1) is 16.1. The Labute approximate surface area is 196 Å². The van der Waals surface area contributed by atoms with E-state index in [1.165, 1.54) is 34.3 Å². The number of carbonyl (C=O) groups excluding carboxylic acids is 3. The van der Waals surface area contributed by atoms with Gasteiger partial charge in [-0.25, -0.2) is 9.59 Å². The molecule has 3 rings (SSSR count). The van der Waals surface area contributed by atoms with Gasteiger partial charge in [-0.1, -0.05) is 12.1 Å². The summed E-state index contributed by atoms with van der Waals surface area (Å²) in [6, 6.07) is 9.58. The fourth-order valence-corrected chi connectivity index (χ4v) is 3.73. The summed E-state index contributed by atoms with van der Waals surface area (Å²) in [7, 11) is 0. The number of hydrogen-bond acceptors (Lipinski definition) is 5. The van der Waals surface area contributed by atoms with Crippen LogP contribution in [0.3, 0.4) is 0 Å². The molecule has 0 spiro atoms. The van der Waals surface area contributed by atoms with Crippen LogP contribution in [0.15, 0.2) is 47.4 Å². The fourth-order valence-electron chi connectivity index (χ4n) is 3.73. The monoisotopic (exact) mass is 469 g/mol. The number of urea groups is 1. The molecule has 11 heteroatoms. The molecule has 0 radical (unpaired) electrons. The van der Waals surface area contributed by atoms with Crippen molar-refractivity contribution in [3.8, 4) is 5.69 Å². The maximum atomic E-state index is 12.6. The van der Waals surface area contributed by atoms with Crippen molar-refractivity contribution < 1.29 is 24.3 Å². The largest absolute Gasteiger partial charge is 0.465 e. The Balaban J connectivity index is 1.60. The molecule has 4 amide bonds. The van der Waals surface area contributed by atoms with Gasteiger partial charge in [0.25, 0.3) is 5.56 Å². The van der Waals surface area contributed by atoms with Crippen LogP contribution in [0.25, 0.3) is 5.69 Å². The minimum Gasteiger partial charge on any atom is -0.465 e. The van der Waals surface area contributed by atoms with Crippen molar-refractivity contribution in [1.82, 2.24) is 19.7 Å². The van der Waals surface area contributed by atoms with Crippen LogP contribution in [-0.4, -0.2) is 75.5 Å². The number of nitrogens with zero attached hydrogens (tertiary/aromatic N) is 3. The van der Waals surface area contributed by atoms with Crippen LogP contribution in [0.2, 0.25) is 0 Å². The molecule has 1 fully saturated rings. The lowest BCUT2D eigenvalue weighted by molar-refractivity contribution is -0.138. The van der Waals surface area contributed by atoms with Gasteiger partial charge in [-0.15, -0.1) is 0 Å². The predicted molar refractivity (Wildman–Crippen MR) is 124 cm³/mol. The van der Waals surface area contributed by atoms with E-state index in [-0.39, 0.29) is 44.1 Å². The highest BCUT2D eigenvalue weighted by molar-refractivity contribution is 5.91. The zero-order valence-electron chi connectivity index (χ0n) is 19.0. The second kappa shape index (κ2) is 10.2. The number of anilines is 1. The number of nitrogens with one attached hydrogen (secondary N) is 2. The molecule has 180 valence electrons. The number of carbonyl (C=O) groups is 4. The Kier molecular flexibility index (Phi) is 7.34. The molecule has 2 aromatic rings. The first-order valence-electron chi connectivity index (χ1n) is 10.7. The van der Waals surface area contributed by atoms with E-state index in [4.69, 9.17) is 5.11 Å². The molecule has 1 aromatic heterocycles. The van der Waals surface area contributed by atoms with Gasteiger partial charge < -0.3 is 30.3 Å². The normalized spacial score (nSPS) is 13.8. The molecule has 0 bridgehead atoms. The number of hydrogen-bond donors (Lipinski definition) is 3. The molecule has 1 aliphatic heterocycles. The van der Waals surface area contributed by atoms with Gasteiger partial charge in [0.1, 0.15) is 11.8 Å². The van der Waals surface area contributed by atoms with E-state index in [1.54, 1.807) is 36.5 Å². The van der Waals surface area contributed by atoms with Crippen LogP contribution >= 0.6 is 0 Å². The lowest BCUT2D eigenvalue weighted by atomic mass is 10.0. The van der Waals surface area contributed by atoms with Gasteiger partial charge in [-0.3, -0.25) is 14.2 Å². The Hall–Kier alpha value is -4.15. The van der Waals surface area contributed by atoms with Gasteiger partial charge in [0.2, 0.25) is 5.91 Å². The third kappa shape index (κ3) is 5.80. The van der Waals surface area contributed by atoms with Crippen molar-refractivity contribution >= 4 is 30.0 Å². The number of piperazine rings is 1. The summed E-state index contributed by atoms with van der Waals surface area (Å²) in [5.74, 6) is -0.365. The lowest BCUT2D eigenvalue weighted by Gasteiger charge is -2.38. The Morgan fingerprint density at radius 1 is 1.06 bits per heavy atom. The standard InChI is InChI=1S/C23H27N5O6/c1-23(2,25-22(33)34)20(31)26-9-11-27(12-10-26)21(32)24-17-6-8-28(19(30)15-17)18-5-3-4-16(14-18)7-13-29/h3-6,8,13-15,25H,7,9-12H2,1-2H3,(H,24,32)(H,33,34). The molecule has 1 aromatic carbocycles. The summed E-state index contributed by atoms with van der Waals surface area (Å²) in [6.07, 6.45) is 1.31.